The van der Waals surface area contributed by atoms with E-state index in [1.807, 2.05) is 18.2 Å². The van der Waals surface area contributed by atoms with Crippen molar-refractivity contribution in [1.29, 1.82) is 0 Å². The van der Waals surface area contributed by atoms with Crippen molar-refractivity contribution in [2.45, 2.75) is 44.7 Å². The lowest BCUT2D eigenvalue weighted by atomic mass is 10.2. The molecule has 6 nitrogen and oxygen atoms in total. The van der Waals surface area contributed by atoms with Crippen LogP contribution in [0.1, 0.15) is 38.0 Å². The van der Waals surface area contributed by atoms with Crippen LogP contribution >= 0.6 is 11.6 Å². The van der Waals surface area contributed by atoms with Gasteiger partial charge in [0.25, 0.3) is 0 Å². The maximum Gasteiger partial charge on any atom is 0.306 e. The molecule has 7 heteroatoms. The van der Waals surface area contributed by atoms with Crippen LogP contribution in [0.3, 0.4) is 0 Å². The fraction of sp³-hybridized carbons (Fsp3) is 0.500. The van der Waals surface area contributed by atoms with Gasteiger partial charge >= 0.3 is 5.97 Å². The van der Waals surface area contributed by atoms with Gasteiger partial charge in [-0.2, -0.15) is 4.98 Å². The van der Waals surface area contributed by atoms with Gasteiger partial charge in [0.05, 0.1) is 25.1 Å². The highest BCUT2D eigenvalue weighted by Gasteiger charge is 2.25. The molecule has 0 saturated heterocycles. The van der Waals surface area contributed by atoms with E-state index in [9.17, 15) is 4.79 Å². The van der Waals surface area contributed by atoms with Gasteiger partial charge in [-0.3, -0.25) is 9.69 Å². The number of halogens is 1. The lowest BCUT2D eigenvalue weighted by Gasteiger charge is -2.26. The molecule has 1 aliphatic carbocycles. The van der Waals surface area contributed by atoms with Gasteiger partial charge in [-0.25, -0.2) is 0 Å². The zero-order chi connectivity index (χ0) is 17.6. The molecule has 1 heterocycles. The van der Waals surface area contributed by atoms with E-state index >= 15 is 0 Å². The molecule has 0 unspecified atom stereocenters. The van der Waals surface area contributed by atoms with Crippen molar-refractivity contribution in [2.24, 2.45) is 0 Å². The molecule has 1 saturated carbocycles. The minimum absolute atomic E-state index is 0.203. The van der Waals surface area contributed by atoms with E-state index in [1.165, 1.54) is 20.0 Å². The van der Waals surface area contributed by atoms with Gasteiger partial charge in [0, 0.05) is 18.2 Å². The molecule has 0 N–H and O–H groups in total. The summed E-state index contributed by atoms with van der Waals surface area (Å²) < 4.78 is 10.2. The van der Waals surface area contributed by atoms with Crippen LogP contribution in [0.2, 0.25) is 5.02 Å². The van der Waals surface area contributed by atoms with Crippen molar-refractivity contribution in [3.05, 3.63) is 35.2 Å². The quantitative estimate of drug-likeness (QED) is 0.699. The molecule has 0 spiro atoms. The molecule has 2 aromatic rings. The summed E-state index contributed by atoms with van der Waals surface area (Å²) in [4.78, 5) is 18.2. The molecular formula is C18H22ClN3O3. The Balaban J connectivity index is 1.71. The minimum atomic E-state index is -0.203. The summed E-state index contributed by atoms with van der Waals surface area (Å²) >= 11 is 6.19. The van der Waals surface area contributed by atoms with E-state index in [2.05, 4.69) is 15.0 Å². The summed E-state index contributed by atoms with van der Waals surface area (Å²) in [6.45, 7) is 1.15. The highest BCUT2D eigenvalue weighted by molar-refractivity contribution is 6.33. The molecule has 0 aliphatic heterocycles. The molecule has 25 heavy (non-hydrogen) atoms. The molecule has 3 rings (SSSR count). The number of aromatic nitrogens is 2. The van der Waals surface area contributed by atoms with Crippen molar-refractivity contribution in [2.75, 3.05) is 13.7 Å². The first-order valence-electron chi connectivity index (χ1n) is 8.55. The maximum atomic E-state index is 11.5. The standard InChI is InChI=1S/C18H22ClN3O3/c1-24-17(23)10-11-22(13-6-2-3-7-13)12-16-20-18(21-25-16)14-8-4-5-9-15(14)19/h4-5,8-9,13H,2-3,6-7,10-12H2,1H3. The number of methoxy groups -OCH3 is 1. The lowest BCUT2D eigenvalue weighted by Crippen LogP contribution is -2.34. The second kappa shape index (κ2) is 8.45. The smallest absolute Gasteiger partial charge is 0.306 e. The van der Waals surface area contributed by atoms with E-state index in [0.717, 1.165) is 18.4 Å². The van der Waals surface area contributed by atoms with Crippen LogP contribution in [0, 0.1) is 0 Å². The first kappa shape index (κ1) is 17.9. The predicted molar refractivity (Wildman–Crippen MR) is 94.0 cm³/mol. The van der Waals surface area contributed by atoms with Crippen LogP contribution in [-0.4, -0.2) is 40.7 Å². The zero-order valence-corrected chi connectivity index (χ0v) is 15.0. The third kappa shape index (κ3) is 4.58. The molecular weight excluding hydrogens is 342 g/mol. The molecule has 134 valence electrons. The summed E-state index contributed by atoms with van der Waals surface area (Å²) in [5.74, 6) is 0.817. The molecule has 1 aromatic heterocycles. The highest BCUT2D eigenvalue weighted by atomic mass is 35.5. The SMILES string of the molecule is COC(=O)CCN(Cc1nc(-c2ccccc2Cl)no1)C1CCCC1. The summed E-state index contributed by atoms with van der Waals surface area (Å²) in [7, 11) is 1.41. The molecule has 1 aromatic carbocycles. The zero-order valence-electron chi connectivity index (χ0n) is 14.3. The monoisotopic (exact) mass is 363 g/mol. The topological polar surface area (TPSA) is 68.5 Å². The van der Waals surface area contributed by atoms with E-state index < -0.39 is 0 Å². The average molecular weight is 364 g/mol. The average Bonchev–Trinajstić information content (AvgIpc) is 3.30. The van der Waals surface area contributed by atoms with Gasteiger partial charge in [0.1, 0.15) is 0 Å². The van der Waals surface area contributed by atoms with Crippen LogP contribution in [0.4, 0.5) is 0 Å². The Morgan fingerprint density at radius 2 is 2.12 bits per heavy atom. The number of hydrogen-bond acceptors (Lipinski definition) is 6. The van der Waals surface area contributed by atoms with E-state index in [-0.39, 0.29) is 5.97 Å². The lowest BCUT2D eigenvalue weighted by molar-refractivity contribution is -0.141. The number of esters is 1. The van der Waals surface area contributed by atoms with Crippen molar-refractivity contribution in [1.82, 2.24) is 15.0 Å². The minimum Gasteiger partial charge on any atom is -0.469 e. The maximum absolute atomic E-state index is 11.5. The summed E-state index contributed by atoms with van der Waals surface area (Å²) in [5.41, 5.74) is 0.751. The van der Waals surface area contributed by atoms with Crippen LogP contribution < -0.4 is 0 Å². The Bertz CT molecular complexity index is 713. The number of ether oxygens (including phenoxy) is 1. The molecule has 0 amide bonds. The molecule has 0 bridgehead atoms. The third-order valence-electron chi connectivity index (χ3n) is 4.59. The Labute approximate surface area is 152 Å². The van der Waals surface area contributed by atoms with Crippen molar-refractivity contribution >= 4 is 17.6 Å². The molecule has 0 radical (unpaired) electrons. The van der Waals surface area contributed by atoms with Gasteiger partial charge in [-0.15, -0.1) is 0 Å². The Hall–Kier alpha value is -1.92. The van der Waals surface area contributed by atoms with Crippen LogP contribution in [0.25, 0.3) is 11.4 Å². The highest BCUT2D eigenvalue weighted by Crippen LogP contribution is 2.27. The van der Waals surface area contributed by atoms with E-state index in [4.69, 9.17) is 20.9 Å². The van der Waals surface area contributed by atoms with Crippen molar-refractivity contribution in [3.63, 3.8) is 0 Å². The number of carbonyl (C=O) groups excluding carboxylic acids is 1. The molecule has 1 fully saturated rings. The fourth-order valence-electron chi connectivity index (χ4n) is 3.24. The first-order chi connectivity index (χ1) is 12.2. The Kier molecular flexibility index (Phi) is 6.04. The first-order valence-corrected chi connectivity index (χ1v) is 8.93. The van der Waals surface area contributed by atoms with E-state index in [0.29, 0.717) is 42.3 Å². The number of benzene rings is 1. The fourth-order valence-corrected chi connectivity index (χ4v) is 3.46. The van der Waals surface area contributed by atoms with Crippen molar-refractivity contribution in [3.8, 4) is 11.4 Å². The Morgan fingerprint density at radius 3 is 2.84 bits per heavy atom. The third-order valence-corrected chi connectivity index (χ3v) is 4.92. The van der Waals surface area contributed by atoms with Gasteiger partial charge in [0.2, 0.25) is 11.7 Å². The van der Waals surface area contributed by atoms with Crippen molar-refractivity contribution < 1.29 is 14.1 Å². The van der Waals surface area contributed by atoms with Gasteiger partial charge < -0.3 is 9.26 Å². The number of nitrogens with zero attached hydrogens (tertiary/aromatic N) is 3. The summed E-state index contributed by atoms with van der Waals surface area (Å²) in [6.07, 6.45) is 5.06. The Morgan fingerprint density at radius 1 is 1.36 bits per heavy atom. The number of carbonyl (C=O) groups is 1. The molecule has 0 atom stereocenters. The van der Waals surface area contributed by atoms with Gasteiger partial charge in [-0.05, 0) is 25.0 Å². The van der Waals surface area contributed by atoms with E-state index in [1.54, 1.807) is 6.07 Å². The summed E-state index contributed by atoms with van der Waals surface area (Å²) in [5, 5.41) is 4.64. The normalized spacial score (nSPS) is 15.0. The predicted octanol–water partition coefficient (Wildman–Crippen LogP) is 3.70. The van der Waals surface area contributed by atoms with Crippen LogP contribution in [0.15, 0.2) is 28.8 Å². The summed E-state index contributed by atoms with van der Waals surface area (Å²) in [6, 6.07) is 7.86. The second-order valence-electron chi connectivity index (χ2n) is 6.23. The van der Waals surface area contributed by atoms with Crippen LogP contribution in [-0.2, 0) is 16.1 Å². The number of rotatable bonds is 7. The second-order valence-corrected chi connectivity index (χ2v) is 6.63. The largest absolute Gasteiger partial charge is 0.469 e. The number of hydrogen-bond donors (Lipinski definition) is 0. The van der Waals surface area contributed by atoms with Gasteiger partial charge in [0.15, 0.2) is 0 Å². The van der Waals surface area contributed by atoms with Crippen LogP contribution in [0.5, 0.6) is 0 Å². The van der Waals surface area contributed by atoms with Gasteiger partial charge in [-0.1, -0.05) is 41.7 Å². The molecule has 1 aliphatic rings.